The molecule has 3 aromatic rings. The SMILES string of the molecule is Cn1cc(-c2cc(Cl)nc(-c3ccoc3)n2)cn1. The average molecular weight is 261 g/mol. The van der Waals surface area contributed by atoms with Crippen molar-refractivity contribution in [2.45, 2.75) is 0 Å². The molecule has 0 aromatic carbocycles. The summed E-state index contributed by atoms with van der Waals surface area (Å²) in [7, 11) is 1.85. The first-order valence-corrected chi connectivity index (χ1v) is 5.66. The molecule has 6 heteroatoms. The largest absolute Gasteiger partial charge is 0.472 e. The minimum atomic E-state index is 0.389. The van der Waals surface area contributed by atoms with Gasteiger partial charge in [0.05, 0.1) is 23.7 Å². The third-order valence-electron chi connectivity index (χ3n) is 2.47. The van der Waals surface area contributed by atoms with E-state index in [1.54, 1.807) is 35.5 Å². The third-order valence-corrected chi connectivity index (χ3v) is 2.67. The highest BCUT2D eigenvalue weighted by Crippen LogP contribution is 2.23. The summed E-state index contributed by atoms with van der Waals surface area (Å²) in [4.78, 5) is 8.63. The Morgan fingerprint density at radius 3 is 2.83 bits per heavy atom. The number of hydrogen-bond acceptors (Lipinski definition) is 4. The summed E-state index contributed by atoms with van der Waals surface area (Å²) in [5, 5.41) is 4.50. The van der Waals surface area contributed by atoms with Crippen LogP contribution in [0.2, 0.25) is 5.15 Å². The first kappa shape index (κ1) is 11.0. The van der Waals surface area contributed by atoms with Crippen molar-refractivity contribution in [3.8, 4) is 22.6 Å². The quantitative estimate of drug-likeness (QED) is 0.665. The zero-order chi connectivity index (χ0) is 12.5. The molecule has 0 N–H and O–H groups in total. The van der Waals surface area contributed by atoms with Gasteiger partial charge in [0.2, 0.25) is 0 Å². The van der Waals surface area contributed by atoms with Gasteiger partial charge in [-0.15, -0.1) is 0 Å². The zero-order valence-electron chi connectivity index (χ0n) is 9.54. The van der Waals surface area contributed by atoms with Crippen LogP contribution in [-0.2, 0) is 7.05 Å². The van der Waals surface area contributed by atoms with Crippen LogP contribution < -0.4 is 0 Å². The fourth-order valence-corrected chi connectivity index (χ4v) is 1.82. The zero-order valence-corrected chi connectivity index (χ0v) is 10.3. The predicted molar refractivity (Wildman–Crippen MR) is 66.9 cm³/mol. The van der Waals surface area contributed by atoms with E-state index in [9.17, 15) is 0 Å². The van der Waals surface area contributed by atoms with Crippen LogP contribution in [0.25, 0.3) is 22.6 Å². The highest BCUT2D eigenvalue weighted by Gasteiger charge is 2.09. The minimum absolute atomic E-state index is 0.389. The van der Waals surface area contributed by atoms with Gasteiger partial charge in [-0.2, -0.15) is 5.10 Å². The van der Waals surface area contributed by atoms with E-state index in [1.165, 1.54) is 0 Å². The first-order valence-electron chi connectivity index (χ1n) is 5.28. The summed E-state index contributed by atoms with van der Waals surface area (Å²) in [5.41, 5.74) is 2.42. The van der Waals surface area contributed by atoms with E-state index in [4.69, 9.17) is 16.0 Å². The molecule has 5 nitrogen and oxygen atoms in total. The van der Waals surface area contributed by atoms with Crippen LogP contribution in [0.5, 0.6) is 0 Å². The van der Waals surface area contributed by atoms with Crippen molar-refractivity contribution in [1.29, 1.82) is 0 Å². The van der Waals surface area contributed by atoms with Crippen molar-refractivity contribution in [3.63, 3.8) is 0 Å². The molecular formula is C12H9ClN4O. The molecule has 0 unspecified atom stereocenters. The Hall–Kier alpha value is -2.14. The Labute approximate surface area is 108 Å². The standard InChI is InChI=1S/C12H9ClN4O/c1-17-6-9(5-14-17)10-4-11(13)16-12(15-10)8-2-3-18-7-8/h2-7H,1H3. The predicted octanol–water partition coefficient (Wildman–Crippen LogP) is 2.79. The molecule has 3 rings (SSSR count). The molecule has 0 aliphatic carbocycles. The van der Waals surface area contributed by atoms with E-state index >= 15 is 0 Å². The van der Waals surface area contributed by atoms with Crippen LogP contribution in [0.1, 0.15) is 0 Å². The van der Waals surface area contributed by atoms with Crippen molar-refractivity contribution >= 4 is 11.6 Å². The first-order chi connectivity index (χ1) is 8.72. The van der Waals surface area contributed by atoms with Gasteiger partial charge in [0.25, 0.3) is 0 Å². The van der Waals surface area contributed by atoms with Crippen molar-refractivity contribution in [1.82, 2.24) is 19.7 Å². The normalized spacial score (nSPS) is 10.8. The monoisotopic (exact) mass is 260 g/mol. The van der Waals surface area contributed by atoms with E-state index in [0.717, 1.165) is 16.8 Å². The Morgan fingerprint density at radius 1 is 1.28 bits per heavy atom. The number of aryl methyl sites for hydroxylation is 1. The summed E-state index contributed by atoms with van der Waals surface area (Å²) >= 11 is 6.01. The summed E-state index contributed by atoms with van der Waals surface area (Å²) in [6.45, 7) is 0. The Kier molecular flexibility index (Phi) is 2.60. The second-order valence-electron chi connectivity index (χ2n) is 3.81. The van der Waals surface area contributed by atoms with Gasteiger partial charge >= 0.3 is 0 Å². The van der Waals surface area contributed by atoms with Crippen molar-refractivity contribution < 1.29 is 4.42 Å². The van der Waals surface area contributed by atoms with Gasteiger partial charge < -0.3 is 4.42 Å². The molecule has 0 aliphatic heterocycles. The molecule has 0 amide bonds. The molecule has 90 valence electrons. The number of nitrogens with zero attached hydrogens (tertiary/aromatic N) is 4. The maximum atomic E-state index is 6.01. The number of rotatable bonds is 2. The van der Waals surface area contributed by atoms with E-state index in [1.807, 2.05) is 13.2 Å². The van der Waals surface area contributed by atoms with Gasteiger partial charge in [-0.25, -0.2) is 9.97 Å². The van der Waals surface area contributed by atoms with Gasteiger partial charge in [-0.1, -0.05) is 11.6 Å². The second kappa shape index (κ2) is 4.27. The molecule has 0 radical (unpaired) electrons. The van der Waals surface area contributed by atoms with Gasteiger partial charge in [0.15, 0.2) is 5.82 Å². The number of halogens is 1. The number of hydrogen-bond donors (Lipinski definition) is 0. The molecule has 0 fully saturated rings. The lowest BCUT2D eigenvalue weighted by Gasteiger charge is -2.01. The van der Waals surface area contributed by atoms with E-state index in [2.05, 4.69) is 15.1 Å². The lowest BCUT2D eigenvalue weighted by molar-refractivity contribution is 0.568. The average Bonchev–Trinajstić information content (AvgIpc) is 2.98. The lowest BCUT2D eigenvalue weighted by Crippen LogP contribution is -1.91. The van der Waals surface area contributed by atoms with Crippen molar-refractivity contribution in [3.05, 3.63) is 42.2 Å². The third kappa shape index (κ3) is 2.00. The molecule has 3 heterocycles. The van der Waals surface area contributed by atoms with E-state index in [0.29, 0.717) is 11.0 Å². The summed E-state index contributed by atoms with van der Waals surface area (Å²) in [6.07, 6.45) is 6.76. The van der Waals surface area contributed by atoms with E-state index in [-0.39, 0.29) is 0 Å². The molecule has 0 spiro atoms. The van der Waals surface area contributed by atoms with Crippen molar-refractivity contribution in [2.24, 2.45) is 7.05 Å². The highest BCUT2D eigenvalue weighted by atomic mass is 35.5. The summed E-state index contributed by atoms with van der Waals surface area (Å²) in [5.74, 6) is 0.537. The molecule has 0 bridgehead atoms. The van der Waals surface area contributed by atoms with E-state index < -0.39 is 0 Å². The number of furan rings is 1. The topological polar surface area (TPSA) is 56.7 Å². The minimum Gasteiger partial charge on any atom is -0.472 e. The van der Waals surface area contributed by atoms with Gasteiger partial charge in [0, 0.05) is 24.9 Å². The molecule has 0 atom stereocenters. The molecule has 18 heavy (non-hydrogen) atoms. The van der Waals surface area contributed by atoms with Crippen LogP contribution in [0.15, 0.2) is 41.5 Å². The summed E-state index contributed by atoms with van der Waals surface area (Å²) < 4.78 is 6.73. The van der Waals surface area contributed by atoms with Crippen LogP contribution in [0.4, 0.5) is 0 Å². The Morgan fingerprint density at radius 2 is 2.17 bits per heavy atom. The second-order valence-corrected chi connectivity index (χ2v) is 4.20. The molecule has 0 saturated carbocycles. The van der Waals surface area contributed by atoms with Gasteiger partial charge in [-0.3, -0.25) is 4.68 Å². The molecular weight excluding hydrogens is 252 g/mol. The van der Waals surface area contributed by atoms with Crippen LogP contribution in [-0.4, -0.2) is 19.7 Å². The highest BCUT2D eigenvalue weighted by molar-refractivity contribution is 6.29. The fourth-order valence-electron chi connectivity index (χ4n) is 1.64. The van der Waals surface area contributed by atoms with Gasteiger partial charge in [-0.05, 0) is 6.07 Å². The molecule has 3 aromatic heterocycles. The molecule has 0 saturated heterocycles. The van der Waals surface area contributed by atoms with Crippen LogP contribution in [0, 0.1) is 0 Å². The Bertz CT molecular complexity index is 675. The smallest absolute Gasteiger partial charge is 0.164 e. The molecule has 0 aliphatic rings. The van der Waals surface area contributed by atoms with Crippen LogP contribution in [0.3, 0.4) is 0 Å². The van der Waals surface area contributed by atoms with Gasteiger partial charge in [0.1, 0.15) is 11.4 Å². The van der Waals surface area contributed by atoms with Crippen LogP contribution >= 0.6 is 11.6 Å². The lowest BCUT2D eigenvalue weighted by atomic mass is 10.2. The Balaban J connectivity index is 2.11. The summed E-state index contributed by atoms with van der Waals surface area (Å²) in [6, 6.07) is 3.50. The fraction of sp³-hybridized carbons (Fsp3) is 0.0833. The maximum Gasteiger partial charge on any atom is 0.164 e. The van der Waals surface area contributed by atoms with Crippen molar-refractivity contribution in [2.75, 3.05) is 0 Å². The maximum absolute atomic E-state index is 6.01. The number of aromatic nitrogens is 4.